The molecule has 0 bridgehead atoms. The van der Waals surface area contributed by atoms with E-state index in [9.17, 15) is 26.6 Å². The van der Waals surface area contributed by atoms with E-state index >= 15 is 0 Å². The van der Waals surface area contributed by atoms with Crippen LogP contribution in [0.1, 0.15) is 22.5 Å². The number of amides is 1. The van der Waals surface area contributed by atoms with Gasteiger partial charge in [0.15, 0.2) is 17.2 Å². The molecule has 3 N–H and O–H groups in total. The van der Waals surface area contributed by atoms with Crippen LogP contribution in [0, 0.1) is 10.6 Å². The Morgan fingerprint density at radius 2 is 1.89 bits per heavy atom. The lowest BCUT2D eigenvalue weighted by Crippen LogP contribution is -2.17. The van der Waals surface area contributed by atoms with E-state index in [0.717, 1.165) is 24.3 Å². The number of nitrogens with zero attached hydrogens (tertiary/aromatic N) is 1. The number of nitrogens with one attached hydrogen (secondary N) is 3. The van der Waals surface area contributed by atoms with Crippen molar-refractivity contribution >= 4 is 32.9 Å². The summed E-state index contributed by atoms with van der Waals surface area (Å²) in [5, 5.41) is 4.51. The first-order chi connectivity index (χ1) is 17.8. The van der Waals surface area contributed by atoms with E-state index in [1.54, 1.807) is 7.05 Å². The topological polar surface area (TPSA) is 113 Å². The van der Waals surface area contributed by atoms with E-state index in [0.29, 0.717) is 13.0 Å². The number of ether oxygens (including phenoxy) is 2. The van der Waals surface area contributed by atoms with Crippen LogP contribution in [0.2, 0.25) is 5.02 Å². The number of aromatic nitrogens is 1. The second-order valence-corrected chi connectivity index (χ2v) is 10.6. The summed E-state index contributed by atoms with van der Waals surface area (Å²) in [7, 11) is -1.37. The smallest absolute Gasteiger partial charge is 0.434 e. The summed E-state index contributed by atoms with van der Waals surface area (Å²) in [6, 6.07) is 9.48. The van der Waals surface area contributed by atoms with Crippen molar-refractivity contribution in [1.82, 2.24) is 10.3 Å². The van der Waals surface area contributed by atoms with E-state index in [-0.39, 0.29) is 28.7 Å². The summed E-state index contributed by atoms with van der Waals surface area (Å²) in [6.07, 6.45) is -3.23. The first-order valence-corrected chi connectivity index (χ1v) is 13.3. The molecule has 0 saturated heterocycles. The highest BCUT2D eigenvalue weighted by Gasteiger charge is 2.37. The molecule has 1 heterocycles. The Morgan fingerprint density at radius 1 is 1.16 bits per heavy atom. The maximum Gasteiger partial charge on any atom is 0.434 e. The van der Waals surface area contributed by atoms with Crippen molar-refractivity contribution in [2.75, 3.05) is 31.8 Å². The predicted molar refractivity (Wildman–Crippen MR) is 134 cm³/mol. The van der Waals surface area contributed by atoms with Crippen LogP contribution in [0.15, 0.2) is 53.4 Å². The number of alkyl halides is 3. The Labute approximate surface area is 221 Å². The van der Waals surface area contributed by atoms with Crippen molar-refractivity contribution < 1.29 is 36.0 Å². The highest BCUT2D eigenvalue weighted by atomic mass is 35.5. The van der Waals surface area contributed by atoms with Gasteiger partial charge in [-0.2, -0.15) is 13.2 Å². The predicted octanol–water partition coefficient (Wildman–Crippen LogP) is 5.96. The summed E-state index contributed by atoms with van der Waals surface area (Å²) in [5.41, 5.74) is -1.85. The van der Waals surface area contributed by atoms with E-state index in [4.69, 9.17) is 25.9 Å². The standard InChI is InChI=1S/C24H23ClF4N4O4S/c1-31-9-4-10-36-20-11-14(26)7-8-19(20)37-23-17(13-18(25)21(33-23)24(27,28)29)22(34)32-15-5-3-6-16(12-15)38(2,30)35/h3,5-8,11-13,30-31H,4,9-10H2,1-2H3,(H,32,34)/t38-/m1/s1. The third-order valence-electron chi connectivity index (χ3n) is 4.94. The third-order valence-corrected chi connectivity index (χ3v) is 6.38. The van der Waals surface area contributed by atoms with E-state index in [1.807, 2.05) is 0 Å². The number of anilines is 1. The number of hydrogen-bond acceptors (Lipinski definition) is 7. The van der Waals surface area contributed by atoms with Gasteiger partial charge in [0.1, 0.15) is 11.4 Å². The number of rotatable bonds is 10. The minimum absolute atomic E-state index is 0.112. The van der Waals surface area contributed by atoms with Gasteiger partial charge in [-0.05, 0) is 56.4 Å². The molecular weight excluding hydrogens is 552 g/mol. The largest absolute Gasteiger partial charge is 0.490 e. The molecular formula is C24H23ClF4N4O4S. The molecule has 0 aliphatic rings. The molecule has 8 nitrogen and oxygen atoms in total. The van der Waals surface area contributed by atoms with Crippen LogP contribution < -0.4 is 20.1 Å². The van der Waals surface area contributed by atoms with Gasteiger partial charge in [0.05, 0.1) is 21.4 Å². The number of benzene rings is 2. The van der Waals surface area contributed by atoms with Gasteiger partial charge >= 0.3 is 6.18 Å². The highest BCUT2D eigenvalue weighted by Crippen LogP contribution is 2.39. The molecule has 3 rings (SSSR count). The highest BCUT2D eigenvalue weighted by molar-refractivity contribution is 7.91. The molecule has 0 fully saturated rings. The SMILES string of the molecule is CNCCCOc1cc(F)ccc1Oc1nc(C(F)(F)F)c(Cl)cc1C(=O)Nc1cccc([S@](C)(=N)=O)c1. The number of halogens is 5. The van der Waals surface area contributed by atoms with Crippen molar-refractivity contribution in [3.8, 4) is 17.4 Å². The van der Waals surface area contributed by atoms with Gasteiger partial charge in [0.2, 0.25) is 5.88 Å². The van der Waals surface area contributed by atoms with Gasteiger partial charge in [-0.25, -0.2) is 18.4 Å². The second kappa shape index (κ2) is 12.0. The molecule has 0 unspecified atom stereocenters. The van der Waals surface area contributed by atoms with E-state index in [2.05, 4.69) is 15.6 Å². The van der Waals surface area contributed by atoms with Crippen LogP contribution >= 0.6 is 11.6 Å². The summed E-state index contributed by atoms with van der Waals surface area (Å²) in [5.74, 6) is -2.69. The molecule has 0 aliphatic carbocycles. The monoisotopic (exact) mass is 574 g/mol. The number of pyridine rings is 1. The Morgan fingerprint density at radius 3 is 2.55 bits per heavy atom. The third kappa shape index (κ3) is 7.55. The first kappa shape index (κ1) is 29.1. The Balaban J connectivity index is 2.02. The summed E-state index contributed by atoms with van der Waals surface area (Å²) < 4.78 is 85.4. The number of carbonyl (C=O) groups is 1. The Bertz CT molecular complexity index is 1440. The van der Waals surface area contributed by atoms with Gasteiger partial charge in [-0.15, -0.1) is 0 Å². The van der Waals surface area contributed by atoms with Gasteiger partial charge in [0, 0.05) is 22.9 Å². The molecule has 0 saturated carbocycles. The minimum Gasteiger partial charge on any atom is -0.490 e. The molecule has 1 aromatic heterocycles. The molecule has 1 amide bonds. The summed E-state index contributed by atoms with van der Waals surface area (Å²) in [6.45, 7) is 0.737. The molecule has 204 valence electrons. The fourth-order valence-corrected chi connectivity index (χ4v) is 4.09. The molecule has 2 aromatic carbocycles. The molecule has 0 spiro atoms. The van der Waals surface area contributed by atoms with Gasteiger partial charge in [-0.3, -0.25) is 4.79 Å². The van der Waals surface area contributed by atoms with Gasteiger partial charge in [0.25, 0.3) is 5.91 Å². The average Bonchev–Trinajstić information content (AvgIpc) is 2.83. The van der Waals surface area contributed by atoms with Crippen LogP contribution in [0.4, 0.5) is 23.2 Å². The van der Waals surface area contributed by atoms with Crippen LogP contribution in [0.3, 0.4) is 0 Å². The van der Waals surface area contributed by atoms with Crippen molar-refractivity contribution in [3.05, 3.63) is 70.6 Å². The zero-order valence-corrected chi connectivity index (χ0v) is 21.7. The maximum absolute atomic E-state index is 13.9. The molecule has 14 heteroatoms. The fraction of sp³-hybridized carbons (Fsp3) is 0.250. The molecule has 38 heavy (non-hydrogen) atoms. The van der Waals surface area contributed by atoms with Crippen molar-refractivity contribution in [2.45, 2.75) is 17.5 Å². The maximum atomic E-state index is 13.9. The van der Waals surface area contributed by atoms with Gasteiger partial charge in [-0.1, -0.05) is 17.7 Å². The summed E-state index contributed by atoms with van der Waals surface area (Å²) >= 11 is 5.81. The van der Waals surface area contributed by atoms with E-state index in [1.165, 1.54) is 30.5 Å². The van der Waals surface area contributed by atoms with Crippen LogP contribution in [0.25, 0.3) is 0 Å². The Kier molecular flexibility index (Phi) is 9.18. The lowest BCUT2D eigenvalue weighted by atomic mass is 10.2. The zero-order valence-electron chi connectivity index (χ0n) is 20.1. The quantitative estimate of drug-likeness (QED) is 0.203. The van der Waals surface area contributed by atoms with Crippen LogP contribution in [-0.4, -0.2) is 41.6 Å². The van der Waals surface area contributed by atoms with Crippen molar-refractivity contribution in [1.29, 1.82) is 4.78 Å². The lowest BCUT2D eigenvalue weighted by molar-refractivity contribution is -0.141. The minimum atomic E-state index is -4.97. The number of carbonyl (C=O) groups excluding carboxylic acids is 1. The van der Waals surface area contributed by atoms with E-state index < -0.39 is 49.8 Å². The van der Waals surface area contributed by atoms with Crippen molar-refractivity contribution in [3.63, 3.8) is 0 Å². The average molecular weight is 575 g/mol. The zero-order chi connectivity index (χ0) is 28.1. The van der Waals surface area contributed by atoms with Gasteiger partial charge < -0.3 is 20.1 Å². The molecule has 1 atom stereocenters. The van der Waals surface area contributed by atoms with Crippen molar-refractivity contribution in [2.24, 2.45) is 0 Å². The molecule has 3 aromatic rings. The first-order valence-electron chi connectivity index (χ1n) is 11.0. The van der Waals surface area contributed by atoms with Crippen LogP contribution in [0.5, 0.6) is 17.4 Å². The molecule has 0 aliphatic heterocycles. The summed E-state index contributed by atoms with van der Waals surface area (Å²) in [4.78, 5) is 16.7. The Hall–Kier alpha value is -3.42. The normalized spacial score (nSPS) is 13.0. The fourth-order valence-electron chi connectivity index (χ4n) is 3.14. The lowest BCUT2D eigenvalue weighted by Gasteiger charge is -2.17. The second-order valence-electron chi connectivity index (χ2n) is 7.99. The number of hydrogen-bond donors (Lipinski definition) is 3. The molecule has 0 radical (unpaired) electrons. The van der Waals surface area contributed by atoms with Crippen LogP contribution in [-0.2, 0) is 15.9 Å².